The average Bonchev–Trinajstić information content (AvgIpc) is 2.66. The molecule has 31 heavy (non-hydrogen) atoms. The van der Waals surface area contributed by atoms with E-state index in [0.29, 0.717) is 17.9 Å². The fourth-order valence-electron chi connectivity index (χ4n) is 5.07. The van der Waals surface area contributed by atoms with Crippen molar-refractivity contribution in [3.8, 4) is 11.5 Å². The summed E-state index contributed by atoms with van der Waals surface area (Å²) < 4.78 is 12.3. The van der Waals surface area contributed by atoms with Crippen molar-refractivity contribution in [2.45, 2.75) is 77.4 Å². The maximum Gasteiger partial charge on any atom is 0.331 e. The number of allylic oxidation sites excluding steroid dienone is 1. The van der Waals surface area contributed by atoms with Gasteiger partial charge in [0.2, 0.25) is 6.41 Å². The molecule has 3 rings (SSSR count). The average molecular weight is 429 g/mol. The minimum atomic E-state index is -0.784. The van der Waals surface area contributed by atoms with Crippen molar-refractivity contribution >= 4 is 12.4 Å². The summed E-state index contributed by atoms with van der Waals surface area (Å²) in [4.78, 5) is 24.8. The largest absolute Gasteiger partial charge is 0.487 e. The maximum atomic E-state index is 12.6. The van der Waals surface area contributed by atoms with Gasteiger partial charge in [0.25, 0.3) is 0 Å². The molecular weight excluding hydrogens is 392 g/mol. The van der Waals surface area contributed by atoms with E-state index in [1.165, 1.54) is 10.5 Å². The number of rotatable bonds is 8. The van der Waals surface area contributed by atoms with E-state index >= 15 is 0 Å². The highest BCUT2D eigenvalue weighted by atomic mass is 16.5. The Labute approximate surface area is 185 Å². The molecule has 0 fully saturated rings. The second-order valence-corrected chi connectivity index (χ2v) is 9.64. The van der Waals surface area contributed by atoms with Crippen LogP contribution < -0.4 is 15.2 Å². The van der Waals surface area contributed by atoms with Crippen LogP contribution in [0, 0.1) is 5.92 Å². The molecule has 2 aliphatic rings. The van der Waals surface area contributed by atoms with Crippen molar-refractivity contribution in [3.63, 3.8) is 0 Å². The van der Waals surface area contributed by atoms with Crippen LogP contribution >= 0.6 is 0 Å². The number of hydrogen-bond donors (Lipinski definition) is 1. The topological polar surface area (TPSA) is 81.9 Å². The zero-order chi connectivity index (χ0) is 22.8. The van der Waals surface area contributed by atoms with Crippen molar-refractivity contribution in [3.05, 3.63) is 34.9 Å². The summed E-state index contributed by atoms with van der Waals surface area (Å²) in [6, 6.07) is 3.99. The van der Waals surface area contributed by atoms with Gasteiger partial charge < -0.3 is 20.1 Å². The number of carbonyl (C=O) groups excluding carboxylic acids is 2. The molecular formula is C25H36N2O4. The minimum absolute atomic E-state index is 0.0530. The highest BCUT2D eigenvalue weighted by molar-refractivity contribution is 5.77. The lowest BCUT2D eigenvalue weighted by molar-refractivity contribution is -0.138. The van der Waals surface area contributed by atoms with E-state index in [9.17, 15) is 9.59 Å². The first-order chi connectivity index (χ1) is 14.6. The second kappa shape index (κ2) is 9.03. The fourth-order valence-corrected chi connectivity index (χ4v) is 5.07. The molecule has 1 heterocycles. The number of nitrogens with two attached hydrogens (primary N) is 1. The lowest BCUT2D eigenvalue weighted by atomic mass is 9.63. The second-order valence-electron chi connectivity index (χ2n) is 9.64. The van der Waals surface area contributed by atoms with Gasteiger partial charge >= 0.3 is 5.97 Å². The van der Waals surface area contributed by atoms with Crippen LogP contribution in [0.4, 0.5) is 0 Å². The molecule has 0 saturated heterocycles. The van der Waals surface area contributed by atoms with Crippen molar-refractivity contribution < 1.29 is 19.1 Å². The summed E-state index contributed by atoms with van der Waals surface area (Å²) in [5.41, 5.74) is 8.90. The highest BCUT2D eigenvalue weighted by Gasteiger charge is 2.53. The third-order valence-corrected chi connectivity index (χ3v) is 6.51. The smallest absolute Gasteiger partial charge is 0.331 e. The Morgan fingerprint density at radius 1 is 1.35 bits per heavy atom. The summed E-state index contributed by atoms with van der Waals surface area (Å²) in [5, 5.41) is 0. The zero-order valence-corrected chi connectivity index (χ0v) is 19.5. The fraction of sp³-hybridized carbons (Fsp3) is 0.600. The Hall–Kier alpha value is -2.34. The Morgan fingerprint density at radius 2 is 2.10 bits per heavy atom. The molecule has 1 aliphatic heterocycles. The number of aryl methyl sites for hydroxylation is 1. The van der Waals surface area contributed by atoms with Crippen molar-refractivity contribution in [2.24, 2.45) is 11.7 Å². The number of nitrogens with zero attached hydrogens (tertiary/aromatic N) is 1. The van der Waals surface area contributed by atoms with E-state index in [4.69, 9.17) is 15.2 Å². The Morgan fingerprint density at radius 3 is 2.77 bits per heavy atom. The molecule has 1 amide bonds. The van der Waals surface area contributed by atoms with Crippen molar-refractivity contribution in [1.82, 2.24) is 4.90 Å². The molecule has 0 aromatic heterocycles. The third kappa shape index (κ3) is 4.79. The van der Waals surface area contributed by atoms with Gasteiger partial charge in [-0.3, -0.25) is 4.79 Å². The van der Waals surface area contributed by atoms with Crippen LogP contribution in [0.3, 0.4) is 0 Å². The van der Waals surface area contributed by atoms with E-state index in [1.54, 1.807) is 7.05 Å². The monoisotopic (exact) mass is 428 g/mol. The standard InChI is InChI=1S/C25H36N2O4/c1-6-7-8-9-18-12-19(30-22(29)15-27(5)16-28)23-20(13-18)31-24(3,4)21-11-10-17(2)14-25(21,23)26/h12-14,16,21H,6-11,15,26H2,1-5H3/t21?,25-/m0/s1. The van der Waals surface area contributed by atoms with Gasteiger partial charge in [0.05, 0.1) is 11.1 Å². The quantitative estimate of drug-likeness (QED) is 0.222. The van der Waals surface area contributed by atoms with Gasteiger partial charge in [0.1, 0.15) is 23.6 Å². The highest BCUT2D eigenvalue weighted by Crippen LogP contribution is 2.54. The van der Waals surface area contributed by atoms with Crippen LogP contribution in [-0.2, 0) is 21.5 Å². The van der Waals surface area contributed by atoms with E-state index in [1.807, 2.05) is 6.07 Å². The van der Waals surface area contributed by atoms with Crippen LogP contribution in [0.1, 0.15) is 70.9 Å². The van der Waals surface area contributed by atoms with Crippen LogP contribution in [-0.4, -0.2) is 36.5 Å². The molecule has 0 saturated carbocycles. The Kier molecular flexibility index (Phi) is 6.79. The predicted octanol–water partition coefficient (Wildman–Crippen LogP) is 4.09. The molecule has 0 bridgehead atoms. The van der Waals surface area contributed by atoms with Crippen LogP contribution in [0.25, 0.3) is 0 Å². The first-order valence-corrected chi connectivity index (χ1v) is 11.3. The summed E-state index contributed by atoms with van der Waals surface area (Å²) >= 11 is 0. The summed E-state index contributed by atoms with van der Waals surface area (Å²) in [5.74, 6) is 0.693. The number of carbonyl (C=O) groups is 2. The molecule has 1 aromatic rings. The van der Waals surface area contributed by atoms with Crippen molar-refractivity contribution in [2.75, 3.05) is 13.6 Å². The molecule has 0 spiro atoms. The molecule has 170 valence electrons. The van der Waals surface area contributed by atoms with Gasteiger partial charge in [-0.15, -0.1) is 0 Å². The lowest BCUT2D eigenvalue weighted by Gasteiger charge is -2.52. The number of benzene rings is 1. The number of likely N-dealkylation sites (N-methyl/N-ethyl adjacent to an activating group) is 1. The number of fused-ring (bicyclic) bond motifs is 3. The van der Waals surface area contributed by atoms with Gasteiger partial charge in [-0.2, -0.15) is 0 Å². The van der Waals surface area contributed by atoms with Crippen molar-refractivity contribution in [1.29, 1.82) is 0 Å². The molecule has 1 aromatic carbocycles. The molecule has 6 nitrogen and oxygen atoms in total. The Balaban J connectivity index is 2.10. The van der Waals surface area contributed by atoms with Gasteiger partial charge in [0.15, 0.2) is 0 Å². The minimum Gasteiger partial charge on any atom is -0.487 e. The first-order valence-electron chi connectivity index (χ1n) is 11.3. The number of hydrogen-bond acceptors (Lipinski definition) is 5. The SMILES string of the molecule is CCCCCc1cc(OC(=O)CN(C)C=O)c2c(c1)OC(C)(C)C1CCC(C)=C[C@@]21N. The molecule has 0 radical (unpaired) electrons. The first kappa shape index (κ1) is 23.3. The number of esters is 1. The predicted molar refractivity (Wildman–Crippen MR) is 121 cm³/mol. The molecule has 2 atom stereocenters. The van der Waals surface area contributed by atoms with Crippen LogP contribution in [0.5, 0.6) is 11.5 Å². The molecule has 6 heteroatoms. The van der Waals surface area contributed by atoms with E-state index in [-0.39, 0.29) is 12.5 Å². The Bertz CT molecular complexity index is 877. The number of ether oxygens (including phenoxy) is 2. The third-order valence-electron chi connectivity index (χ3n) is 6.51. The summed E-state index contributed by atoms with van der Waals surface area (Å²) in [7, 11) is 1.55. The van der Waals surface area contributed by atoms with Gasteiger partial charge in [-0.05, 0) is 64.2 Å². The lowest BCUT2D eigenvalue weighted by Crippen LogP contribution is -2.58. The van der Waals surface area contributed by atoms with E-state index < -0.39 is 17.1 Å². The van der Waals surface area contributed by atoms with Crippen LogP contribution in [0.2, 0.25) is 0 Å². The summed E-state index contributed by atoms with van der Waals surface area (Å²) in [6.45, 7) is 8.32. The number of unbranched alkanes of at least 4 members (excludes halogenated alkanes) is 2. The molecule has 1 aliphatic carbocycles. The maximum absolute atomic E-state index is 12.6. The van der Waals surface area contributed by atoms with Gasteiger partial charge in [0, 0.05) is 13.0 Å². The number of amides is 1. The van der Waals surface area contributed by atoms with E-state index in [0.717, 1.165) is 49.7 Å². The zero-order valence-electron chi connectivity index (χ0n) is 19.5. The van der Waals surface area contributed by atoms with Gasteiger partial charge in [-0.25, -0.2) is 4.79 Å². The van der Waals surface area contributed by atoms with Gasteiger partial charge in [-0.1, -0.05) is 31.4 Å². The van der Waals surface area contributed by atoms with Crippen LogP contribution in [0.15, 0.2) is 23.8 Å². The van der Waals surface area contributed by atoms with E-state index in [2.05, 4.69) is 39.8 Å². The molecule has 2 N–H and O–H groups in total. The summed E-state index contributed by atoms with van der Waals surface area (Å²) in [6.07, 6.45) is 8.80. The molecule has 1 unspecified atom stereocenters. The normalized spacial score (nSPS) is 23.7.